The van der Waals surface area contributed by atoms with E-state index in [1.165, 1.54) is 11.1 Å². The summed E-state index contributed by atoms with van der Waals surface area (Å²) in [6.07, 6.45) is 3.84. The predicted octanol–water partition coefficient (Wildman–Crippen LogP) is 2.68. The van der Waals surface area contributed by atoms with Gasteiger partial charge in [0.25, 0.3) is 0 Å². The maximum absolute atomic E-state index is 4.21. The minimum Gasteiger partial charge on any atom is -0.241 e. The SMILES string of the molecule is C=C(C)c1ccn2ncc(C)c2c1. The van der Waals surface area contributed by atoms with E-state index in [1.807, 2.05) is 29.9 Å². The van der Waals surface area contributed by atoms with Crippen molar-refractivity contribution >= 4 is 11.1 Å². The van der Waals surface area contributed by atoms with Crippen LogP contribution in [0.3, 0.4) is 0 Å². The smallest absolute Gasteiger partial charge is 0.0696 e. The van der Waals surface area contributed by atoms with Crippen LogP contribution >= 0.6 is 0 Å². The summed E-state index contributed by atoms with van der Waals surface area (Å²) >= 11 is 0. The Bertz CT molecular complexity index is 466. The molecule has 0 aliphatic carbocycles. The summed E-state index contributed by atoms with van der Waals surface area (Å²) < 4.78 is 1.88. The average molecular weight is 172 g/mol. The van der Waals surface area contributed by atoms with Gasteiger partial charge in [-0.05, 0) is 37.1 Å². The lowest BCUT2D eigenvalue weighted by Gasteiger charge is -2.00. The molecule has 2 nitrogen and oxygen atoms in total. The van der Waals surface area contributed by atoms with Gasteiger partial charge >= 0.3 is 0 Å². The molecule has 0 bridgehead atoms. The zero-order valence-corrected chi connectivity index (χ0v) is 7.91. The van der Waals surface area contributed by atoms with Crippen molar-refractivity contribution in [2.75, 3.05) is 0 Å². The molecular weight excluding hydrogens is 160 g/mol. The first-order chi connectivity index (χ1) is 6.18. The fourth-order valence-electron chi connectivity index (χ4n) is 1.37. The number of pyridine rings is 1. The van der Waals surface area contributed by atoms with Gasteiger partial charge in [0.15, 0.2) is 0 Å². The Kier molecular flexibility index (Phi) is 1.69. The third kappa shape index (κ3) is 1.24. The van der Waals surface area contributed by atoms with E-state index >= 15 is 0 Å². The van der Waals surface area contributed by atoms with Crippen molar-refractivity contribution in [3.05, 3.63) is 42.2 Å². The Labute approximate surface area is 77.5 Å². The zero-order chi connectivity index (χ0) is 9.42. The molecule has 2 aromatic rings. The molecule has 0 N–H and O–H groups in total. The number of hydrogen-bond donors (Lipinski definition) is 0. The molecular formula is C11H12N2. The number of aryl methyl sites for hydroxylation is 1. The predicted molar refractivity (Wildman–Crippen MR) is 54.6 cm³/mol. The maximum atomic E-state index is 4.21. The summed E-state index contributed by atoms with van der Waals surface area (Å²) in [6, 6.07) is 4.15. The van der Waals surface area contributed by atoms with Crippen molar-refractivity contribution < 1.29 is 0 Å². The topological polar surface area (TPSA) is 17.3 Å². The lowest BCUT2D eigenvalue weighted by atomic mass is 10.1. The molecule has 2 heteroatoms. The van der Waals surface area contributed by atoms with Gasteiger partial charge in [0.1, 0.15) is 0 Å². The van der Waals surface area contributed by atoms with Crippen molar-refractivity contribution in [1.29, 1.82) is 0 Å². The Morgan fingerprint density at radius 2 is 2.31 bits per heavy atom. The van der Waals surface area contributed by atoms with Crippen molar-refractivity contribution in [3.63, 3.8) is 0 Å². The van der Waals surface area contributed by atoms with E-state index in [-0.39, 0.29) is 0 Å². The van der Waals surface area contributed by atoms with E-state index < -0.39 is 0 Å². The van der Waals surface area contributed by atoms with Gasteiger partial charge < -0.3 is 0 Å². The van der Waals surface area contributed by atoms with Crippen molar-refractivity contribution in [2.45, 2.75) is 13.8 Å². The number of rotatable bonds is 1. The second-order valence-electron chi connectivity index (χ2n) is 3.35. The summed E-state index contributed by atoms with van der Waals surface area (Å²) in [5, 5.41) is 4.21. The fraction of sp³-hybridized carbons (Fsp3) is 0.182. The summed E-state index contributed by atoms with van der Waals surface area (Å²) in [5.74, 6) is 0. The quantitative estimate of drug-likeness (QED) is 0.646. The molecule has 2 aromatic heterocycles. The molecule has 0 aliphatic rings. The number of nitrogens with zero attached hydrogens (tertiary/aromatic N) is 2. The third-order valence-corrected chi connectivity index (χ3v) is 2.21. The molecule has 0 fully saturated rings. The van der Waals surface area contributed by atoms with Crippen LogP contribution in [0.4, 0.5) is 0 Å². The highest BCUT2D eigenvalue weighted by Crippen LogP contribution is 2.16. The molecule has 0 radical (unpaired) electrons. The molecule has 0 saturated heterocycles. The van der Waals surface area contributed by atoms with Crippen LogP contribution in [-0.4, -0.2) is 9.61 Å². The van der Waals surface area contributed by atoms with E-state index in [9.17, 15) is 0 Å². The lowest BCUT2D eigenvalue weighted by molar-refractivity contribution is 0.960. The van der Waals surface area contributed by atoms with Crippen molar-refractivity contribution in [2.24, 2.45) is 0 Å². The van der Waals surface area contributed by atoms with E-state index in [0.29, 0.717) is 0 Å². The first kappa shape index (κ1) is 8.05. The molecule has 0 saturated carbocycles. The Morgan fingerprint density at radius 1 is 1.54 bits per heavy atom. The molecule has 66 valence electrons. The van der Waals surface area contributed by atoms with Gasteiger partial charge in [0, 0.05) is 6.20 Å². The van der Waals surface area contributed by atoms with Crippen LogP contribution in [0.25, 0.3) is 11.1 Å². The van der Waals surface area contributed by atoms with E-state index in [4.69, 9.17) is 0 Å². The van der Waals surface area contributed by atoms with Crippen LogP contribution in [0.5, 0.6) is 0 Å². The number of hydrogen-bond acceptors (Lipinski definition) is 1. The average Bonchev–Trinajstić information content (AvgIpc) is 2.47. The number of aromatic nitrogens is 2. The summed E-state index contributed by atoms with van der Waals surface area (Å²) in [4.78, 5) is 0. The minimum atomic E-state index is 1.09. The van der Waals surface area contributed by atoms with Gasteiger partial charge in [-0.15, -0.1) is 0 Å². The van der Waals surface area contributed by atoms with Gasteiger partial charge in [0.2, 0.25) is 0 Å². The van der Waals surface area contributed by atoms with Crippen molar-refractivity contribution in [3.8, 4) is 0 Å². The standard InChI is InChI=1S/C11H12N2/c1-8(2)10-4-5-13-11(6-10)9(3)7-12-13/h4-7H,1H2,2-3H3. The maximum Gasteiger partial charge on any atom is 0.0696 e. The zero-order valence-electron chi connectivity index (χ0n) is 7.91. The molecule has 0 unspecified atom stereocenters. The van der Waals surface area contributed by atoms with Crippen LogP contribution < -0.4 is 0 Å². The first-order valence-corrected chi connectivity index (χ1v) is 4.28. The van der Waals surface area contributed by atoms with Crippen LogP contribution in [0.1, 0.15) is 18.1 Å². The van der Waals surface area contributed by atoms with Crippen molar-refractivity contribution in [1.82, 2.24) is 9.61 Å². The number of allylic oxidation sites excluding steroid dienone is 1. The molecule has 0 atom stereocenters. The second kappa shape index (κ2) is 2.73. The van der Waals surface area contributed by atoms with Crippen LogP contribution in [0.15, 0.2) is 31.1 Å². The monoisotopic (exact) mass is 172 g/mol. The van der Waals surface area contributed by atoms with Crippen LogP contribution in [-0.2, 0) is 0 Å². The Morgan fingerprint density at radius 3 is 3.00 bits per heavy atom. The summed E-state index contributed by atoms with van der Waals surface area (Å²) in [5.41, 5.74) is 4.61. The fourth-order valence-corrected chi connectivity index (χ4v) is 1.37. The van der Waals surface area contributed by atoms with Gasteiger partial charge in [0.05, 0.1) is 11.7 Å². The highest BCUT2D eigenvalue weighted by atomic mass is 15.2. The Balaban J connectivity index is 2.72. The van der Waals surface area contributed by atoms with Gasteiger partial charge in [-0.1, -0.05) is 12.2 Å². The van der Waals surface area contributed by atoms with Gasteiger partial charge in [-0.25, -0.2) is 4.52 Å². The molecule has 0 aliphatic heterocycles. The summed E-state index contributed by atoms with van der Waals surface area (Å²) in [6.45, 7) is 7.99. The highest BCUT2D eigenvalue weighted by Gasteiger charge is 2.00. The molecule has 13 heavy (non-hydrogen) atoms. The third-order valence-electron chi connectivity index (χ3n) is 2.21. The molecule has 2 heterocycles. The second-order valence-corrected chi connectivity index (χ2v) is 3.35. The van der Waals surface area contributed by atoms with Crippen LogP contribution in [0, 0.1) is 6.92 Å². The normalized spacial score (nSPS) is 10.6. The lowest BCUT2D eigenvalue weighted by Crippen LogP contribution is -1.87. The minimum absolute atomic E-state index is 1.09. The Hall–Kier alpha value is -1.57. The molecule has 2 rings (SSSR count). The summed E-state index contributed by atoms with van der Waals surface area (Å²) in [7, 11) is 0. The van der Waals surface area contributed by atoms with E-state index in [2.05, 4.69) is 24.7 Å². The first-order valence-electron chi connectivity index (χ1n) is 4.28. The number of fused-ring (bicyclic) bond motifs is 1. The van der Waals surface area contributed by atoms with E-state index in [0.717, 1.165) is 11.1 Å². The molecule has 0 amide bonds. The van der Waals surface area contributed by atoms with Crippen LogP contribution in [0.2, 0.25) is 0 Å². The van der Waals surface area contributed by atoms with Gasteiger partial charge in [-0.2, -0.15) is 5.10 Å². The molecule has 0 spiro atoms. The van der Waals surface area contributed by atoms with Gasteiger partial charge in [-0.3, -0.25) is 0 Å². The molecule has 0 aromatic carbocycles. The highest BCUT2D eigenvalue weighted by molar-refractivity contribution is 5.67. The van der Waals surface area contributed by atoms with E-state index in [1.54, 1.807) is 0 Å². The largest absolute Gasteiger partial charge is 0.241 e.